The highest BCUT2D eigenvalue weighted by atomic mass is 16.5. The molecule has 1 aliphatic rings. The number of hydrazone groups is 1. The Bertz CT molecular complexity index is 872. The number of carbonyl (C=O) groups is 1. The minimum absolute atomic E-state index is 0.0434. The van der Waals surface area contributed by atoms with Crippen molar-refractivity contribution in [3.8, 4) is 17.2 Å². The van der Waals surface area contributed by atoms with Crippen LogP contribution in [0.15, 0.2) is 47.6 Å². The van der Waals surface area contributed by atoms with Crippen LogP contribution in [-0.2, 0) is 4.79 Å². The van der Waals surface area contributed by atoms with Crippen LogP contribution >= 0.6 is 0 Å². The van der Waals surface area contributed by atoms with E-state index in [9.17, 15) is 4.79 Å². The Hall–Kier alpha value is -3.10. The second kappa shape index (κ2) is 9.40. The lowest BCUT2D eigenvalue weighted by atomic mass is 9.91. The monoisotopic (exact) mass is 398 g/mol. The van der Waals surface area contributed by atoms with E-state index < -0.39 is 6.04 Å². The summed E-state index contributed by atoms with van der Waals surface area (Å²) in [6.45, 7) is 2.02. The molecule has 0 aromatic heterocycles. The zero-order valence-corrected chi connectivity index (χ0v) is 16.9. The van der Waals surface area contributed by atoms with Crippen LogP contribution < -0.4 is 30.5 Å². The zero-order chi connectivity index (χ0) is 20.8. The van der Waals surface area contributed by atoms with Crippen LogP contribution in [-0.4, -0.2) is 39.5 Å². The first-order chi connectivity index (χ1) is 14.1. The van der Waals surface area contributed by atoms with Crippen LogP contribution in [0.3, 0.4) is 0 Å². The lowest BCUT2D eigenvalue weighted by molar-refractivity contribution is -0.123. The molecular formula is C21H26N4O4. The first-order valence-corrected chi connectivity index (χ1v) is 9.28. The second-order valence-electron chi connectivity index (χ2n) is 6.70. The van der Waals surface area contributed by atoms with Gasteiger partial charge in [0.25, 0.3) is 5.91 Å². The second-order valence-corrected chi connectivity index (χ2v) is 6.70. The normalized spacial score (nSPS) is 21.2. The first kappa shape index (κ1) is 20.6. The molecule has 2 aromatic rings. The average molecular weight is 398 g/mol. The first-order valence-electron chi connectivity index (χ1n) is 9.28. The topological polar surface area (TPSA) is 93.2 Å². The molecule has 1 amide bonds. The average Bonchev–Trinajstić information content (AvgIpc) is 3.15. The van der Waals surface area contributed by atoms with Gasteiger partial charge >= 0.3 is 0 Å². The number of hydrogen-bond donors (Lipinski definition) is 3. The number of nitrogens with one attached hydrogen (secondary N) is 3. The fraction of sp³-hybridized carbons (Fsp3) is 0.333. The predicted molar refractivity (Wildman–Crippen MR) is 110 cm³/mol. The highest BCUT2D eigenvalue weighted by molar-refractivity contribution is 5.88. The molecule has 154 valence electrons. The van der Waals surface area contributed by atoms with E-state index in [0.717, 1.165) is 5.56 Å². The summed E-state index contributed by atoms with van der Waals surface area (Å²) in [6.07, 6.45) is 1.51. The van der Waals surface area contributed by atoms with Crippen molar-refractivity contribution >= 4 is 12.1 Å². The maximum atomic E-state index is 12.6. The Morgan fingerprint density at radius 1 is 1.00 bits per heavy atom. The van der Waals surface area contributed by atoms with Crippen molar-refractivity contribution in [1.82, 2.24) is 16.3 Å². The third-order valence-electron chi connectivity index (χ3n) is 5.00. The van der Waals surface area contributed by atoms with Gasteiger partial charge in [0.2, 0.25) is 0 Å². The molecule has 8 nitrogen and oxygen atoms in total. The standard InChI is InChI=1S/C21H26N4O4/c1-13-19(14-8-6-5-7-9-14)23-24-20(13)21(26)25-22-12-15-10-17(28-3)18(29-4)11-16(15)27-2/h5-13,19-20,23-24H,1-4H3,(H,25,26)/b22-12+. The Kier molecular flexibility index (Phi) is 6.69. The van der Waals surface area contributed by atoms with E-state index in [1.165, 1.54) is 6.21 Å². The number of methoxy groups -OCH3 is 3. The fourth-order valence-electron chi connectivity index (χ4n) is 3.38. The number of rotatable bonds is 7. The molecule has 3 rings (SSSR count). The van der Waals surface area contributed by atoms with Crippen LogP contribution in [0.1, 0.15) is 24.1 Å². The number of nitrogens with zero attached hydrogens (tertiary/aromatic N) is 1. The summed E-state index contributed by atoms with van der Waals surface area (Å²) in [5.41, 5.74) is 10.6. The highest BCUT2D eigenvalue weighted by Gasteiger charge is 2.37. The summed E-state index contributed by atoms with van der Waals surface area (Å²) < 4.78 is 15.9. The SMILES string of the molecule is COc1cc(OC)c(OC)cc1/C=N/NC(=O)C1NNC(c2ccccc2)C1C. The van der Waals surface area contributed by atoms with Gasteiger partial charge in [-0.25, -0.2) is 16.3 Å². The number of ether oxygens (including phenoxy) is 3. The van der Waals surface area contributed by atoms with Gasteiger partial charge in [-0.15, -0.1) is 0 Å². The number of hydrogen-bond acceptors (Lipinski definition) is 7. The van der Waals surface area contributed by atoms with Crippen molar-refractivity contribution in [1.29, 1.82) is 0 Å². The molecule has 0 radical (unpaired) electrons. The van der Waals surface area contributed by atoms with Crippen LogP contribution in [0.4, 0.5) is 0 Å². The lowest BCUT2D eigenvalue weighted by Crippen LogP contribution is -2.43. The maximum absolute atomic E-state index is 12.6. The molecule has 1 fully saturated rings. The molecule has 2 aromatic carbocycles. The van der Waals surface area contributed by atoms with Crippen molar-refractivity contribution in [2.24, 2.45) is 11.0 Å². The van der Waals surface area contributed by atoms with Gasteiger partial charge in [-0.05, 0) is 11.6 Å². The number of amides is 1. The molecule has 0 spiro atoms. The van der Waals surface area contributed by atoms with Crippen LogP contribution in [0, 0.1) is 5.92 Å². The maximum Gasteiger partial charge on any atom is 0.258 e. The van der Waals surface area contributed by atoms with Crippen molar-refractivity contribution in [3.05, 3.63) is 53.6 Å². The van der Waals surface area contributed by atoms with E-state index in [1.54, 1.807) is 33.5 Å². The summed E-state index contributed by atoms with van der Waals surface area (Å²) in [5.74, 6) is 1.47. The van der Waals surface area contributed by atoms with Gasteiger partial charge in [-0.1, -0.05) is 37.3 Å². The van der Waals surface area contributed by atoms with Crippen molar-refractivity contribution in [2.45, 2.75) is 19.0 Å². The number of carbonyl (C=O) groups excluding carboxylic acids is 1. The van der Waals surface area contributed by atoms with Crippen LogP contribution in [0.5, 0.6) is 17.2 Å². The summed E-state index contributed by atoms with van der Waals surface area (Å²) in [4.78, 5) is 12.6. The Balaban J connectivity index is 1.67. The molecule has 3 atom stereocenters. The smallest absolute Gasteiger partial charge is 0.258 e. The molecule has 0 bridgehead atoms. The zero-order valence-electron chi connectivity index (χ0n) is 16.9. The van der Waals surface area contributed by atoms with Gasteiger partial charge in [0.05, 0.1) is 33.6 Å². The van der Waals surface area contributed by atoms with E-state index in [-0.39, 0.29) is 17.9 Å². The molecule has 1 saturated heterocycles. The number of hydrazine groups is 1. The van der Waals surface area contributed by atoms with E-state index in [4.69, 9.17) is 14.2 Å². The molecule has 3 unspecified atom stereocenters. The molecule has 0 saturated carbocycles. The van der Waals surface area contributed by atoms with Crippen molar-refractivity contribution in [2.75, 3.05) is 21.3 Å². The molecule has 8 heteroatoms. The number of benzene rings is 2. The molecular weight excluding hydrogens is 372 g/mol. The lowest BCUT2D eigenvalue weighted by Gasteiger charge is -2.17. The minimum atomic E-state index is -0.412. The fourth-order valence-corrected chi connectivity index (χ4v) is 3.38. The summed E-state index contributed by atoms with van der Waals surface area (Å²) in [7, 11) is 4.66. The minimum Gasteiger partial charge on any atom is -0.496 e. The molecule has 3 N–H and O–H groups in total. The Morgan fingerprint density at radius 3 is 2.31 bits per heavy atom. The predicted octanol–water partition coefficient (Wildman–Crippen LogP) is 2.02. The van der Waals surface area contributed by atoms with Crippen molar-refractivity contribution in [3.63, 3.8) is 0 Å². The van der Waals surface area contributed by atoms with E-state index in [1.807, 2.05) is 37.3 Å². The summed E-state index contributed by atoms with van der Waals surface area (Å²) >= 11 is 0. The van der Waals surface area contributed by atoms with E-state index in [2.05, 4.69) is 21.4 Å². The third-order valence-corrected chi connectivity index (χ3v) is 5.00. The van der Waals surface area contributed by atoms with Gasteiger partial charge in [0.1, 0.15) is 11.8 Å². The van der Waals surface area contributed by atoms with Crippen LogP contribution in [0.2, 0.25) is 0 Å². The highest BCUT2D eigenvalue weighted by Crippen LogP contribution is 2.33. The van der Waals surface area contributed by atoms with E-state index in [0.29, 0.717) is 22.8 Å². The third kappa shape index (κ3) is 4.49. The van der Waals surface area contributed by atoms with Gasteiger partial charge in [-0.2, -0.15) is 5.10 Å². The van der Waals surface area contributed by atoms with Crippen molar-refractivity contribution < 1.29 is 19.0 Å². The molecule has 0 aliphatic carbocycles. The molecule has 1 heterocycles. The summed E-state index contributed by atoms with van der Waals surface area (Å²) in [6, 6.07) is 13.1. The van der Waals surface area contributed by atoms with E-state index >= 15 is 0 Å². The quantitative estimate of drug-likeness (QED) is 0.488. The van der Waals surface area contributed by atoms with Crippen LogP contribution in [0.25, 0.3) is 0 Å². The van der Waals surface area contributed by atoms with Gasteiger partial charge in [0.15, 0.2) is 11.5 Å². The van der Waals surface area contributed by atoms with Gasteiger partial charge in [0, 0.05) is 17.5 Å². The van der Waals surface area contributed by atoms with Gasteiger partial charge < -0.3 is 14.2 Å². The Morgan fingerprint density at radius 2 is 1.66 bits per heavy atom. The largest absolute Gasteiger partial charge is 0.496 e. The molecule has 1 aliphatic heterocycles. The molecule has 29 heavy (non-hydrogen) atoms. The van der Waals surface area contributed by atoms with Gasteiger partial charge in [-0.3, -0.25) is 4.79 Å². The summed E-state index contributed by atoms with van der Waals surface area (Å²) in [5, 5.41) is 4.09. The Labute approximate surface area is 170 Å².